The van der Waals surface area contributed by atoms with Crippen molar-refractivity contribution in [2.75, 3.05) is 14.2 Å². The second-order valence-electron chi connectivity index (χ2n) is 4.73. The van der Waals surface area contributed by atoms with E-state index in [1.807, 2.05) is 30.3 Å². The van der Waals surface area contributed by atoms with E-state index >= 15 is 0 Å². The molecule has 1 heterocycles. The van der Waals surface area contributed by atoms with E-state index in [4.69, 9.17) is 13.9 Å². The van der Waals surface area contributed by atoms with Crippen LogP contribution in [0.25, 0.3) is 0 Å². The van der Waals surface area contributed by atoms with Gasteiger partial charge in [-0.3, -0.25) is 0 Å². The smallest absolute Gasteiger partial charge is 0.123 e. The van der Waals surface area contributed by atoms with Gasteiger partial charge in [0.2, 0.25) is 0 Å². The van der Waals surface area contributed by atoms with Gasteiger partial charge in [0.05, 0.1) is 26.5 Å². The average molecular weight is 275 g/mol. The molecule has 0 saturated heterocycles. The van der Waals surface area contributed by atoms with E-state index in [9.17, 15) is 0 Å². The van der Waals surface area contributed by atoms with Crippen LogP contribution in [0.5, 0.6) is 11.5 Å². The topological polar surface area (TPSA) is 43.6 Å². The second-order valence-corrected chi connectivity index (χ2v) is 4.73. The van der Waals surface area contributed by atoms with Crippen molar-refractivity contribution >= 4 is 0 Å². The highest BCUT2D eigenvalue weighted by Crippen LogP contribution is 2.30. The van der Waals surface area contributed by atoms with Crippen molar-refractivity contribution in [1.82, 2.24) is 5.32 Å². The highest BCUT2D eigenvalue weighted by molar-refractivity contribution is 5.42. The molecule has 0 spiro atoms. The van der Waals surface area contributed by atoms with Crippen LogP contribution >= 0.6 is 0 Å². The summed E-state index contributed by atoms with van der Waals surface area (Å²) >= 11 is 0. The number of hydrogen-bond acceptors (Lipinski definition) is 4. The fourth-order valence-electron chi connectivity index (χ4n) is 2.26. The summed E-state index contributed by atoms with van der Waals surface area (Å²) in [6.07, 6.45) is 1.68. The molecule has 0 bridgehead atoms. The highest BCUT2D eigenvalue weighted by atomic mass is 16.5. The average Bonchev–Trinajstić information content (AvgIpc) is 3.00. The van der Waals surface area contributed by atoms with Crippen molar-refractivity contribution in [3.8, 4) is 11.5 Å². The second kappa shape index (κ2) is 6.48. The summed E-state index contributed by atoms with van der Waals surface area (Å²) in [5.41, 5.74) is 1.06. The van der Waals surface area contributed by atoms with Crippen LogP contribution in [0.3, 0.4) is 0 Å². The minimum Gasteiger partial charge on any atom is -0.497 e. The number of ether oxygens (including phenoxy) is 2. The Balaban J connectivity index is 2.17. The molecule has 0 saturated carbocycles. The third kappa shape index (κ3) is 3.14. The third-order valence-corrected chi connectivity index (χ3v) is 3.37. The lowest BCUT2D eigenvalue weighted by Crippen LogP contribution is -2.22. The first-order valence-electron chi connectivity index (χ1n) is 6.67. The molecule has 1 aromatic carbocycles. The molecule has 4 nitrogen and oxygen atoms in total. The molecule has 0 aliphatic rings. The Hall–Kier alpha value is -1.94. The van der Waals surface area contributed by atoms with E-state index in [2.05, 4.69) is 19.2 Å². The molecular weight excluding hydrogens is 254 g/mol. The van der Waals surface area contributed by atoms with Crippen molar-refractivity contribution in [2.24, 2.45) is 0 Å². The number of furan rings is 1. The van der Waals surface area contributed by atoms with Gasteiger partial charge in [-0.15, -0.1) is 0 Å². The Kier molecular flexibility index (Phi) is 4.69. The molecule has 0 radical (unpaired) electrons. The van der Waals surface area contributed by atoms with Crippen molar-refractivity contribution in [3.63, 3.8) is 0 Å². The summed E-state index contributed by atoms with van der Waals surface area (Å²) in [6, 6.07) is 9.90. The molecule has 2 aromatic rings. The normalized spacial score (nSPS) is 13.8. The summed E-state index contributed by atoms with van der Waals surface area (Å²) in [4.78, 5) is 0. The number of rotatable bonds is 6. The van der Waals surface area contributed by atoms with Gasteiger partial charge in [-0.05, 0) is 44.2 Å². The van der Waals surface area contributed by atoms with Gasteiger partial charge in [0, 0.05) is 11.6 Å². The molecule has 1 N–H and O–H groups in total. The number of benzene rings is 1. The van der Waals surface area contributed by atoms with Crippen molar-refractivity contribution in [2.45, 2.75) is 25.9 Å². The molecule has 0 fully saturated rings. The van der Waals surface area contributed by atoms with E-state index in [0.29, 0.717) is 0 Å². The Morgan fingerprint density at radius 1 is 1.05 bits per heavy atom. The van der Waals surface area contributed by atoms with Crippen molar-refractivity contribution in [1.29, 1.82) is 0 Å². The standard InChI is InChI=1S/C16H21NO3/c1-11(17-12(2)15-6-5-9-20-15)14-10-13(18-3)7-8-16(14)19-4/h5-12,17H,1-4H3/t11?,12-/m0/s1. The van der Waals surface area contributed by atoms with Crippen LogP contribution in [0.4, 0.5) is 0 Å². The maximum absolute atomic E-state index is 5.42. The van der Waals surface area contributed by atoms with Crippen LogP contribution in [0.2, 0.25) is 0 Å². The summed E-state index contributed by atoms with van der Waals surface area (Å²) in [5, 5.41) is 3.50. The Labute approximate surface area is 119 Å². The number of methoxy groups -OCH3 is 2. The number of nitrogens with one attached hydrogen (secondary N) is 1. The zero-order valence-corrected chi connectivity index (χ0v) is 12.3. The van der Waals surface area contributed by atoms with Gasteiger partial charge < -0.3 is 19.2 Å². The molecule has 2 rings (SSSR count). The Morgan fingerprint density at radius 2 is 1.85 bits per heavy atom. The SMILES string of the molecule is COc1ccc(OC)c(C(C)N[C@@H](C)c2ccco2)c1. The predicted molar refractivity (Wildman–Crippen MR) is 78.2 cm³/mol. The van der Waals surface area contributed by atoms with E-state index in [1.165, 1.54) is 0 Å². The fraction of sp³-hybridized carbons (Fsp3) is 0.375. The molecule has 0 amide bonds. The Morgan fingerprint density at radius 3 is 2.45 bits per heavy atom. The summed E-state index contributed by atoms with van der Waals surface area (Å²) in [5.74, 6) is 2.58. The molecule has 1 unspecified atom stereocenters. The lowest BCUT2D eigenvalue weighted by atomic mass is 10.1. The van der Waals surface area contributed by atoms with Gasteiger partial charge in [0.1, 0.15) is 17.3 Å². The molecule has 0 aliphatic carbocycles. The minimum absolute atomic E-state index is 0.111. The van der Waals surface area contributed by atoms with E-state index in [0.717, 1.165) is 22.8 Å². The van der Waals surface area contributed by atoms with Crippen LogP contribution in [0.15, 0.2) is 41.0 Å². The van der Waals surface area contributed by atoms with Crippen LogP contribution in [-0.4, -0.2) is 14.2 Å². The zero-order valence-electron chi connectivity index (χ0n) is 12.3. The maximum Gasteiger partial charge on any atom is 0.123 e. The molecule has 0 aliphatic heterocycles. The fourth-order valence-corrected chi connectivity index (χ4v) is 2.26. The highest BCUT2D eigenvalue weighted by Gasteiger charge is 2.17. The lowest BCUT2D eigenvalue weighted by molar-refractivity contribution is 0.374. The monoisotopic (exact) mass is 275 g/mol. The molecule has 1 aromatic heterocycles. The predicted octanol–water partition coefficient (Wildman–Crippen LogP) is 3.71. The van der Waals surface area contributed by atoms with Gasteiger partial charge in [-0.1, -0.05) is 0 Å². The number of hydrogen-bond donors (Lipinski definition) is 1. The first-order valence-corrected chi connectivity index (χ1v) is 6.67. The van der Waals surface area contributed by atoms with E-state index in [-0.39, 0.29) is 12.1 Å². The summed E-state index contributed by atoms with van der Waals surface area (Å²) in [6.45, 7) is 4.17. The maximum atomic E-state index is 5.42. The quantitative estimate of drug-likeness (QED) is 0.872. The van der Waals surface area contributed by atoms with Crippen molar-refractivity contribution < 1.29 is 13.9 Å². The van der Waals surface area contributed by atoms with E-state index < -0.39 is 0 Å². The van der Waals surface area contributed by atoms with Crippen LogP contribution < -0.4 is 14.8 Å². The zero-order chi connectivity index (χ0) is 14.5. The third-order valence-electron chi connectivity index (χ3n) is 3.37. The molecule has 2 atom stereocenters. The van der Waals surface area contributed by atoms with Gasteiger partial charge in [-0.25, -0.2) is 0 Å². The van der Waals surface area contributed by atoms with Gasteiger partial charge >= 0.3 is 0 Å². The lowest BCUT2D eigenvalue weighted by Gasteiger charge is -2.21. The Bertz CT molecular complexity index is 537. The van der Waals surface area contributed by atoms with Gasteiger partial charge in [0.25, 0.3) is 0 Å². The molecule has 108 valence electrons. The van der Waals surface area contributed by atoms with Gasteiger partial charge in [-0.2, -0.15) is 0 Å². The molecular formula is C16H21NO3. The largest absolute Gasteiger partial charge is 0.497 e. The van der Waals surface area contributed by atoms with Crippen LogP contribution in [0, 0.1) is 0 Å². The molecule has 4 heteroatoms. The first kappa shape index (κ1) is 14.5. The van der Waals surface area contributed by atoms with Crippen molar-refractivity contribution in [3.05, 3.63) is 47.9 Å². The van der Waals surface area contributed by atoms with Gasteiger partial charge in [0.15, 0.2) is 0 Å². The summed E-state index contributed by atoms with van der Waals surface area (Å²) < 4.78 is 16.1. The van der Waals surface area contributed by atoms with E-state index in [1.54, 1.807) is 20.5 Å². The molecule has 20 heavy (non-hydrogen) atoms. The summed E-state index contributed by atoms with van der Waals surface area (Å²) in [7, 11) is 3.34. The van der Waals surface area contributed by atoms with Crippen LogP contribution in [0.1, 0.15) is 37.3 Å². The minimum atomic E-state index is 0.111. The van der Waals surface area contributed by atoms with Crippen LogP contribution in [-0.2, 0) is 0 Å². The first-order chi connectivity index (χ1) is 9.65.